The fourth-order valence-electron chi connectivity index (χ4n) is 2.05. The van der Waals surface area contributed by atoms with E-state index in [9.17, 15) is 9.59 Å². The van der Waals surface area contributed by atoms with Gasteiger partial charge in [0, 0.05) is 17.7 Å². The van der Waals surface area contributed by atoms with E-state index in [4.69, 9.17) is 5.73 Å². The van der Waals surface area contributed by atoms with Gasteiger partial charge in [0.15, 0.2) is 0 Å². The van der Waals surface area contributed by atoms with Gasteiger partial charge in [-0.15, -0.1) is 5.10 Å². The van der Waals surface area contributed by atoms with Crippen LogP contribution >= 0.6 is 0 Å². The normalized spacial score (nSPS) is 12.1. The SMILES string of the molecule is CCc1nc(C)c(CC(=O)N[C@@H](C)c2nc(N)n[nH]2)c(=O)[nH]1. The summed E-state index contributed by atoms with van der Waals surface area (Å²) in [5.41, 5.74) is 6.06. The maximum atomic E-state index is 12.1. The Hall–Kier alpha value is -2.71. The molecule has 0 aliphatic heterocycles. The van der Waals surface area contributed by atoms with E-state index >= 15 is 0 Å². The van der Waals surface area contributed by atoms with E-state index in [1.165, 1.54) is 0 Å². The van der Waals surface area contributed by atoms with Crippen LogP contribution in [0.2, 0.25) is 0 Å². The van der Waals surface area contributed by atoms with Crippen LogP contribution in [0.5, 0.6) is 0 Å². The lowest BCUT2D eigenvalue weighted by Crippen LogP contribution is -2.31. The Morgan fingerprint density at radius 1 is 1.41 bits per heavy atom. The second kappa shape index (κ2) is 6.37. The Morgan fingerprint density at radius 2 is 2.14 bits per heavy atom. The zero-order valence-corrected chi connectivity index (χ0v) is 12.7. The van der Waals surface area contributed by atoms with Crippen molar-refractivity contribution in [2.75, 3.05) is 5.73 Å². The smallest absolute Gasteiger partial charge is 0.254 e. The number of carbonyl (C=O) groups excluding carboxylic acids is 1. The first kappa shape index (κ1) is 15.7. The number of H-pyrrole nitrogens is 2. The van der Waals surface area contributed by atoms with E-state index in [1.54, 1.807) is 13.8 Å². The van der Waals surface area contributed by atoms with Gasteiger partial charge >= 0.3 is 0 Å². The van der Waals surface area contributed by atoms with Crippen LogP contribution in [-0.4, -0.2) is 31.1 Å². The first-order valence-corrected chi connectivity index (χ1v) is 6.96. The number of rotatable bonds is 5. The van der Waals surface area contributed by atoms with Crippen molar-refractivity contribution in [2.45, 2.75) is 39.7 Å². The van der Waals surface area contributed by atoms with Crippen molar-refractivity contribution < 1.29 is 4.79 Å². The van der Waals surface area contributed by atoms with E-state index < -0.39 is 0 Å². The highest BCUT2D eigenvalue weighted by Gasteiger charge is 2.16. The number of amides is 1. The van der Waals surface area contributed by atoms with Crippen LogP contribution in [0, 0.1) is 6.92 Å². The highest BCUT2D eigenvalue weighted by Crippen LogP contribution is 2.08. The highest BCUT2D eigenvalue weighted by molar-refractivity contribution is 5.79. The van der Waals surface area contributed by atoms with Crippen molar-refractivity contribution in [3.63, 3.8) is 0 Å². The van der Waals surface area contributed by atoms with Crippen LogP contribution in [-0.2, 0) is 17.6 Å². The fraction of sp³-hybridized carbons (Fsp3) is 0.462. The molecular formula is C13H19N7O2. The number of aryl methyl sites for hydroxylation is 2. The molecule has 0 aromatic carbocycles. The van der Waals surface area contributed by atoms with Crippen molar-refractivity contribution in [3.8, 4) is 0 Å². The number of nitrogens with two attached hydrogens (primary N) is 1. The summed E-state index contributed by atoms with van der Waals surface area (Å²) in [6.07, 6.45) is 0.582. The second-order valence-corrected chi connectivity index (χ2v) is 4.97. The summed E-state index contributed by atoms with van der Waals surface area (Å²) in [4.78, 5) is 34.9. The minimum absolute atomic E-state index is 0.0495. The molecule has 0 aliphatic carbocycles. The zero-order chi connectivity index (χ0) is 16.3. The largest absolute Gasteiger partial charge is 0.367 e. The van der Waals surface area contributed by atoms with Crippen LogP contribution < -0.4 is 16.6 Å². The molecule has 0 aliphatic rings. The molecule has 0 unspecified atom stereocenters. The monoisotopic (exact) mass is 305 g/mol. The van der Waals surface area contributed by atoms with Gasteiger partial charge in [0.2, 0.25) is 11.9 Å². The molecule has 9 heteroatoms. The summed E-state index contributed by atoms with van der Waals surface area (Å²) in [5, 5.41) is 9.07. The Morgan fingerprint density at radius 3 is 2.68 bits per heavy atom. The Bertz CT molecular complexity index is 734. The minimum atomic E-state index is -0.389. The van der Waals surface area contributed by atoms with E-state index in [0.29, 0.717) is 29.3 Å². The molecule has 0 spiro atoms. The van der Waals surface area contributed by atoms with Gasteiger partial charge in [-0.2, -0.15) is 4.98 Å². The first-order chi connectivity index (χ1) is 10.4. The highest BCUT2D eigenvalue weighted by atomic mass is 16.2. The molecule has 0 radical (unpaired) electrons. The van der Waals surface area contributed by atoms with Gasteiger partial charge in [0.25, 0.3) is 5.56 Å². The lowest BCUT2D eigenvalue weighted by Gasteiger charge is -2.11. The molecule has 2 heterocycles. The Kier molecular flexibility index (Phi) is 4.54. The predicted molar refractivity (Wildman–Crippen MR) is 80.0 cm³/mol. The quantitative estimate of drug-likeness (QED) is 0.600. The maximum Gasteiger partial charge on any atom is 0.254 e. The third-order valence-corrected chi connectivity index (χ3v) is 3.25. The number of carbonyl (C=O) groups is 1. The minimum Gasteiger partial charge on any atom is -0.367 e. The van der Waals surface area contributed by atoms with Crippen LogP contribution in [0.15, 0.2) is 4.79 Å². The average molecular weight is 305 g/mol. The maximum absolute atomic E-state index is 12.1. The summed E-state index contributed by atoms with van der Waals surface area (Å²) >= 11 is 0. The lowest BCUT2D eigenvalue weighted by molar-refractivity contribution is -0.121. The Labute approximate surface area is 126 Å². The first-order valence-electron chi connectivity index (χ1n) is 6.96. The van der Waals surface area contributed by atoms with Gasteiger partial charge in [-0.05, 0) is 13.8 Å². The van der Waals surface area contributed by atoms with Crippen molar-refractivity contribution in [1.82, 2.24) is 30.5 Å². The van der Waals surface area contributed by atoms with E-state index in [1.807, 2.05) is 6.92 Å². The van der Waals surface area contributed by atoms with Crippen molar-refractivity contribution >= 4 is 11.9 Å². The molecule has 2 aromatic heterocycles. The summed E-state index contributed by atoms with van der Waals surface area (Å²) in [6, 6.07) is -0.389. The number of aromatic amines is 2. The summed E-state index contributed by atoms with van der Waals surface area (Å²) in [6.45, 7) is 5.36. The number of nitrogens with zero attached hydrogens (tertiary/aromatic N) is 3. The fourth-order valence-corrected chi connectivity index (χ4v) is 2.05. The molecule has 118 valence electrons. The molecule has 0 bridgehead atoms. The summed E-state index contributed by atoms with van der Waals surface area (Å²) in [7, 11) is 0. The van der Waals surface area contributed by atoms with Gasteiger partial charge in [0.05, 0.1) is 12.5 Å². The van der Waals surface area contributed by atoms with Gasteiger partial charge in [-0.1, -0.05) is 6.92 Å². The molecule has 1 atom stereocenters. The number of hydrogen-bond acceptors (Lipinski definition) is 6. The predicted octanol–water partition coefficient (Wildman–Crippen LogP) is -0.239. The molecule has 9 nitrogen and oxygen atoms in total. The molecule has 0 fully saturated rings. The summed E-state index contributed by atoms with van der Waals surface area (Å²) < 4.78 is 0. The molecule has 2 rings (SSSR count). The molecule has 22 heavy (non-hydrogen) atoms. The van der Waals surface area contributed by atoms with E-state index in [0.717, 1.165) is 0 Å². The Balaban J connectivity index is 2.08. The molecule has 2 aromatic rings. The van der Waals surface area contributed by atoms with Gasteiger partial charge in [0.1, 0.15) is 11.6 Å². The van der Waals surface area contributed by atoms with Crippen LogP contribution in [0.3, 0.4) is 0 Å². The van der Waals surface area contributed by atoms with Gasteiger partial charge in [-0.25, -0.2) is 4.98 Å². The molecular weight excluding hydrogens is 286 g/mol. The van der Waals surface area contributed by atoms with Crippen molar-refractivity contribution in [2.24, 2.45) is 0 Å². The van der Waals surface area contributed by atoms with Crippen LogP contribution in [0.1, 0.15) is 42.8 Å². The topological polar surface area (TPSA) is 142 Å². The van der Waals surface area contributed by atoms with E-state index in [-0.39, 0.29) is 29.9 Å². The third-order valence-electron chi connectivity index (χ3n) is 3.25. The third kappa shape index (κ3) is 3.48. The van der Waals surface area contributed by atoms with Gasteiger partial charge in [-0.3, -0.25) is 14.7 Å². The number of nitrogen functional groups attached to an aromatic ring is 1. The molecule has 1 amide bonds. The number of nitrogens with one attached hydrogen (secondary N) is 3. The number of anilines is 1. The van der Waals surface area contributed by atoms with E-state index in [2.05, 4.69) is 30.5 Å². The molecule has 0 saturated heterocycles. The standard InChI is InChI=1S/C13H19N7O2/c1-4-9-15-6(2)8(12(22)17-9)5-10(21)16-7(3)11-18-13(14)20-19-11/h7H,4-5H2,1-3H3,(H,16,21)(H,15,17,22)(H3,14,18,19,20)/t7-/m0/s1. The average Bonchev–Trinajstić information content (AvgIpc) is 2.89. The molecule has 0 saturated carbocycles. The van der Waals surface area contributed by atoms with Gasteiger partial charge < -0.3 is 16.0 Å². The van der Waals surface area contributed by atoms with Crippen molar-refractivity contribution in [3.05, 3.63) is 33.3 Å². The summed E-state index contributed by atoms with van der Waals surface area (Å²) in [5.74, 6) is 0.873. The number of hydrogen-bond donors (Lipinski definition) is 4. The van der Waals surface area contributed by atoms with Crippen LogP contribution in [0.25, 0.3) is 0 Å². The van der Waals surface area contributed by atoms with Crippen molar-refractivity contribution in [1.29, 1.82) is 0 Å². The number of aromatic nitrogens is 5. The lowest BCUT2D eigenvalue weighted by atomic mass is 10.1. The zero-order valence-electron chi connectivity index (χ0n) is 12.7. The second-order valence-electron chi connectivity index (χ2n) is 4.97. The molecule has 5 N–H and O–H groups in total. The van der Waals surface area contributed by atoms with Crippen LogP contribution in [0.4, 0.5) is 5.95 Å².